The molecule has 3 heterocycles. The van der Waals surface area contributed by atoms with Crippen LogP contribution in [0.4, 0.5) is 5.13 Å². The van der Waals surface area contributed by atoms with Gasteiger partial charge in [-0.3, -0.25) is 4.79 Å². The first-order valence-corrected chi connectivity index (χ1v) is 11.0. The molecule has 0 saturated carbocycles. The molecule has 9 heteroatoms. The first kappa shape index (κ1) is 19.6. The number of carbonyl (C=O) groups is 1. The molecular formula is C21H17Cl2N3O3S. The molecule has 1 aliphatic rings. The minimum Gasteiger partial charge on any atom is -0.463 e. The van der Waals surface area contributed by atoms with Gasteiger partial charge < -0.3 is 19.7 Å². The van der Waals surface area contributed by atoms with E-state index in [-0.39, 0.29) is 19.2 Å². The molecule has 0 spiro atoms. The molecular weight excluding hydrogens is 445 g/mol. The van der Waals surface area contributed by atoms with Crippen molar-refractivity contribution >= 4 is 66.8 Å². The summed E-state index contributed by atoms with van der Waals surface area (Å²) >= 11 is 13.9. The third-order valence-electron chi connectivity index (χ3n) is 5.21. The van der Waals surface area contributed by atoms with Gasteiger partial charge in [0.05, 0.1) is 23.4 Å². The van der Waals surface area contributed by atoms with Crippen LogP contribution >= 0.6 is 34.5 Å². The van der Waals surface area contributed by atoms with Crippen molar-refractivity contribution in [1.82, 2.24) is 9.97 Å². The summed E-state index contributed by atoms with van der Waals surface area (Å²) in [6.45, 7) is 0.754. The lowest BCUT2D eigenvalue weighted by Gasteiger charge is -2.31. The molecule has 30 heavy (non-hydrogen) atoms. The molecule has 0 saturated heterocycles. The molecule has 6 nitrogen and oxygen atoms in total. The van der Waals surface area contributed by atoms with Crippen LogP contribution in [0.15, 0.2) is 36.4 Å². The quantitative estimate of drug-likeness (QED) is 0.429. The lowest BCUT2D eigenvalue weighted by Crippen LogP contribution is -2.37. The first-order valence-electron chi connectivity index (χ1n) is 9.42. The van der Waals surface area contributed by atoms with Gasteiger partial charge in [-0.1, -0.05) is 34.5 Å². The number of aliphatic hydroxyl groups excluding tert-OH is 1. The van der Waals surface area contributed by atoms with E-state index in [4.69, 9.17) is 38.0 Å². The van der Waals surface area contributed by atoms with Crippen LogP contribution in [0.2, 0.25) is 10.0 Å². The molecule has 5 rings (SSSR count). The summed E-state index contributed by atoms with van der Waals surface area (Å²) in [5.41, 5.74) is 3.62. The van der Waals surface area contributed by atoms with Crippen LogP contribution in [0.25, 0.3) is 21.1 Å². The zero-order valence-corrected chi connectivity index (χ0v) is 18.0. The Kier molecular flexibility index (Phi) is 5.06. The monoisotopic (exact) mass is 461 g/mol. The van der Waals surface area contributed by atoms with Crippen molar-refractivity contribution in [3.8, 4) is 0 Å². The number of H-pyrrole nitrogens is 1. The second-order valence-corrected chi connectivity index (χ2v) is 9.02. The number of anilines is 1. The Bertz CT molecular complexity index is 1270. The van der Waals surface area contributed by atoms with Crippen molar-refractivity contribution in [2.24, 2.45) is 0 Å². The van der Waals surface area contributed by atoms with Crippen molar-refractivity contribution in [2.45, 2.75) is 12.5 Å². The van der Waals surface area contributed by atoms with E-state index in [9.17, 15) is 4.79 Å². The number of aliphatic hydroxyl groups is 1. The van der Waals surface area contributed by atoms with Crippen LogP contribution in [0.1, 0.15) is 17.2 Å². The predicted molar refractivity (Wildman–Crippen MR) is 120 cm³/mol. The highest BCUT2D eigenvalue weighted by atomic mass is 35.5. The Morgan fingerprint density at radius 1 is 1.27 bits per heavy atom. The van der Waals surface area contributed by atoms with Crippen molar-refractivity contribution < 1.29 is 14.6 Å². The smallest absolute Gasteiger partial charge is 0.315 e. The minimum absolute atomic E-state index is 0.0343. The molecule has 0 radical (unpaired) electrons. The Balaban J connectivity index is 1.59. The number of ether oxygens (including phenoxy) is 1. The van der Waals surface area contributed by atoms with E-state index < -0.39 is 5.92 Å². The molecule has 0 bridgehead atoms. The number of nitrogens with zero attached hydrogens (tertiary/aromatic N) is 2. The summed E-state index contributed by atoms with van der Waals surface area (Å²) < 4.78 is 6.29. The van der Waals surface area contributed by atoms with Crippen LogP contribution in [-0.4, -0.2) is 40.8 Å². The summed E-state index contributed by atoms with van der Waals surface area (Å²) in [6, 6.07) is 11.2. The fraction of sp³-hybridized carbons (Fsp3) is 0.238. The fourth-order valence-corrected chi connectivity index (χ4v) is 5.36. The van der Waals surface area contributed by atoms with Crippen molar-refractivity contribution in [2.75, 3.05) is 24.7 Å². The Morgan fingerprint density at radius 3 is 2.90 bits per heavy atom. The number of benzene rings is 2. The third-order valence-corrected chi connectivity index (χ3v) is 6.76. The van der Waals surface area contributed by atoms with Crippen LogP contribution in [0, 0.1) is 0 Å². The second-order valence-electron chi connectivity index (χ2n) is 7.14. The van der Waals surface area contributed by atoms with Gasteiger partial charge in [-0.2, -0.15) is 0 Å². The number of rotatable bonds is 4. The van der Waals surface area contributed by atoms with Gasteiger partial charge >= 0.3 is 5.97 Å². The van der Waals surface area contributed by atoms with E-state index in [0.29, 0.717) is 23.1 Å². The van der Waals surface area contributed by atoms with Crippen molar-refractivity contribution in [1.29, 1.82) is 0 Å². The molecule has 0 fully saturated rings. The zero-order valence-electron chi connectivity index (χ0n) is 15.7. The number of nitrogens with one attached hydrogen (secondary N) is 1. The van der Waals surface area contributed by atoms with Crippen LogP contribution in [0.3, 0.4) is 0 Å². The normalized spacial score (nSPS) is 16.2. The summed E-state index contributed by atoms with van der Waals surface area (Å²) in [5, 5.41) is 12.1. The van der Waals surface area contributed by atoms with Gasteiger partial charge in [0.15, 0.2) is 5.13 Å². The number of aromatic amines is 1. The zero-order chi connectivity index (χ0) is 20.8. The van der Waals surface area contributed by atoms with Gasteiger partial charge in [0.2, 0.25) is 0 Å². The van der Waals surface area contributed by atoms with Crippen molar-refractivity contribution in [3.63, 3.8) is 0 Å². The number of aromatic nitrogens is 2. The molecule has 1 aliphatic heterocycles. The number of carbonyl (C=O) groups excluding carboxylic acids is 1. The lowest BCUT2D eigenvalue weighted by atomic mass is 9.92. The highest BCUT2D eigenvalue weighted by Gasteiger charge is 2.36. The molecule has 0 aliphatic carbocycles. The number of hydrogen-bond donors (Lipinski definition) is 2. The molecule has 1 unspecified atom stereocenters. The van der Waals surface area contributed by atoms with E-state index in [1.165, 1.54) is 11.3 Å². The van der Waals surface area contributed by atoms with E-state index >= 15 is 0 Å². The van der Waals surface area contributed by atoms with E-state index in [0.717, 1.165) is 37.5 Å². The Hall–Kier alpha value is -2.32. The maximum absolute atomic E-state index is 12.9. The maximum Gasteiger partial charge on any atom is 0.315 e. The highest BCUT2D eigenvalue weighted by molar-refractivity contribution is 7.22. The number of fused-ring (bicyclic) bond motifs is 4. The largest absolute Gasteiger partial charge is 0.463 e. The standard InChI is InChI=1S/C21H17Cl2N3O3S/c22-11-1-3-15-13(7-11)19-14(20(28)29-6-5-27)9-26(10-17(19)24-15)21-25-16-4-2-12(23)8-18(16)30-21/h1-4,7-8,14,24,27H,5-6,9-10H2. The predicted octanol–water partition coefficient (Wildman–Crippen LogP) is 4.72. The summed E-state index contributed by atoms with van der Waals surface area (Å²) in [5.74, 6) is -0.900. The van der Waals surface area contributed by atoms with Gasteiger partial charge in [-0.05, 0) is 42.0 Å². The van der Waals surface area contributed by atoms with Crippen LogP contribution < -0.4 is 4.90 Å². The minimum atomic E-state index is -0.525. The first-order chi connectivity index (χ1) is 14.5. The molecule has 4 aromatic rings. The van der Waals surface area contributed by atoms with Gasteiger partial charge in [0, 0.05) is 33.2 Å². The molecule has 2 aromatic carbocycles. The Morgan fingerprint density at radius 2 is 2.07 bits per heavy atom. The summed E-state index contributed by atoms with van der Waals surface area (Å²) in [6.07, 6.45) is 0. The number of hydrogen-bond acceptors (Lipinski definition) is 6. The summed E-state index contributed by atoms with van der Waals surface area (Å²) in [4.78, 5) is 23.1. The average Bonchev–Trinajstić information content (AvgIpc) is 3.31. The maximum atomic E-state index is 12.9. The lowest BCUT2D eigenvalue weighted by molar-refractivity contribution is -0.146. The molecule has 2 aromatic heterocycles. The van der Waals surface area contributed by atoms with Gasteiger partial charge in [-0.15, -0.1) is 0 Å². The molecule has 2 N–H and O–H groups in total. The van der Waals surface area contributed by atoms with Gasteiger partial charge in [0.1, 0.15) is 12.5 Å². The van der Waals surface area contributed by atoms with Gasteiger partial charge in [-0.25, -0.2) is 4.98 Å². The fourth-order valence-electron chi connectivity index (χ4n) is 3.94. The number of thiazole rings is 1. The third kappa shape index (κ3) is 3.41. The molecule has 0 amide bonds. The summed E-state index contributed by atoms with van der Waals surface area (Å²) in [7, 11) is 0. The molecule has 154 valence electrons. The SMILES string of the molecule is O=C(OCCO)C1CN(c2nc3ccc(Cl)cc3s2)Cc2[nH]c3ccc(Cl)cc3c21. The van der Waals surface area contributed by atoms with E-state index in [1.54, 1.807) is 0 Å². The average molecular weight is 462 g/mol. The van der Waals surface area contributed by atoms with Crippen LogP contribution in [-0.2, 0) is 16.1 Å². The number of esters is 1. The van der Waals surface area contributed by atoms with E-state index in [2.05, 4.69) is 9.88 Å². The van der Waals surface area contributed by atoms with Crippen molar-refractivity contribution in [3.05, 3.63) is 57.7 Å². The van der Waals surface area contributed by atoms with Gasteiger partial charge in [0.25, 0.3) is 0 Å². The second kappa shape index (κ2) is 7.74. The highest BCUT2D eigenvalue weighted by Crippen LogP contribution is 2.40. The van der Waals surface area contributed by atoms with Crippen LogP contribution in [0.5, 0.6) is 0 Å². The topological polar surface area (TPSA) is 78.5 Å². The molecule has 1 atom stereocenters. The Labute approximate surface area is 186 Å². The van der Waals surface area contributed by atoms with E-state index in [1.807, 2.05) is 36.4 Å². The number of halogens is 2.